The molecule has 1 heterocycles. The lowest BCUT2D eigenvalue weighted by Crippen LogP contribution is -2.44. The summed E-state index contributed by atoms with van der Waals surface area (Å²) in [6.07, 6.45) is 10.0. The van der Waals surface area contributed by atoms with Gasteiger partial charge in [-0.15, -0.1) is 12.3 Å². The van der Waals surface area contributed by atoms with Crippen LogP contribution < -0.4 is 5.32 Å². The molecule has 1 aromatic rings. The molecule has 1 saturated carbocycles. The molecule has 0 unspecified atom stereocenters. The molecule has 5 heteroatoms. The van der Waals surface area contributed by atoms with Gasteiger partial charge in [0.05, 0.1) is 5.54 Å². The summed E-state index contributed by atoms with van der Waals surface area (Å²) in [5, 5.41) is 11.8. The van der Waals surface area contributed by atoms with Crippen molar-refractivity contribution in [2.24, 2.45) is 0 Å². The third-order valence-corrected chi connectivity index (χ3v) is 2.85. The highest BCUT2D eigenvalue weighted by Gasteiger charge is 2.37. The highest BCUT2D eigenvalue weighted by atomic mass is 16.4. The molecule has 0 saturated heterocycles. The van der Waals surface area contributed by atoms with E-state index in [1.54, 1.807) is 0 Å². The Bertz CT molecular complexity index is 440. The van der Waals surface area contributed by atoms with Crippen LogP contribution in [0.25, 0.3) is 0 Å². The van der Waals surface area contributed by atoms with Gasteiger partial charge < -0.3 is 14.8 Å². The number of aromatic nitrogens is 1. The van der Waals surface area contributed by atoms with Gasteiger partial charge in [0.15, 0.2) is 5.69 Å². The van der Waals surface area contributed by atoms with Gasteiger partial charge in [-0.1, -0.05) is 0 Å². The van der Waals surface area contributed by atoms with Gasteiger partial charge in [-0.3, -0.25) is 0 Å². The molecule has 1 aromatic heterocycles. The van der Waals surface area contributed by atoms with Gasteiger partial charge in [0, 0.05) is 6.42 Å². The molecular formula is C11H12N2O3. The highest BCUT2D eigenvalue weighted by molar-refractivity contribution is 5.85. The summed E-state index contributed by atoms with van der Waals surface area (Å²) >= 11 is 0. The van der Waals surface area contributed by atoms with Crippen LogP contribution in [-0.4, -0.2) is 21.6 Å². The molecule has 5 nitrogen and oxygen atoms in total. The molecule has 0 amide bonds. The van der Waals surface area contributed by atoms with Gasteiger partial charge in [0.2, 0.25) is 0 Å². The maximum Gasteiger partial charge on any atom is 0.357 e. The number of carboxylic acids is 1. The number of rotatable bonds is 4. The fraction of sp³-hybridized carbons (Fsp3) is 0.455. The van der Waals surface area contributed by atoms with Crippen molar-refractivity contribution < 1.29 is 14.3 Å². The van der Waals surface area contributed by atoms with E-state index >= 15 is 0 Å². The third-order valence-electron chi connectivity index (χ3n) is 2.85. The summed E-state index contributed by atoms with van der Waals surface area (Å²) in [4.78, 5) is 14.4. The van der Waals surface area contributed by atoms with Gasteiger partial charge in [0.1, 0.15) is 6.26 Å². The van der Waals surface area contributed by atoms with E-state index in [0.29, 0.717) is 6.42 Å². The van der Waals surface area contributed by atoms with Gasteiger partial charge in [0.25, 0.3) is 6.01 Å². The second-order valence-corrected chi connectivity index (χ2v) is 3.98. The van der Waals surface area contributed by atoms with Crippen LogP contribution >= 0.6 is 0 Å². The minimum Gasteiger partial charge on any atom is -0.476 e. The van der Waals surface area contributed by atoms with Crippen molar-refractivity contribution in [1.29, 1.82) is 0 Å². The number of aromatic carboxylic acids is 1. The van der Waals surface area contributed by atoms with E-state index in [2.05, 4.69) is 16.2 Å². The van der Waals surface area contributed by atoms with E-state index in [9.17, 15) is 4.79 Å². The second kappa shape index (κ2) is 3.89. The average Bonchev–Trinajstić information content (AvgIpc) is 2.63. The standard InChI is InChI=1S/C11H12N2O3/c1-2-4-11(5-3-6-11)13-10-12-8(7-16-10)9(14)15/h1,7H,3-6H2,(H,12,13)(H,14,15). The van der Waals surface area contributed by atoms with Crippen LogP contribution in [0.15, 0.2) is 10.7 Å². The Balaban J connectivity index is 2.08. The normalized spacial score (nSPS) is 17.2. The zero-order chi connectivity index (χ0) is 11.6. The minimum atomic E-state index is -1.10. The summed E-state index contributed by atoms with van der Waals surface area (Å²) in [5.41, 5.74) is -0.257. The lowest BCUT2D eigenvalue weighted by Gasteiger charge is -2.40. The topological polar surface area (TPSA) is 75.4 Å². The summed E-state index contributed by atoms with van der Waals surface area (Å²) in [5.74, 6) is 1.51. The van der Waals surface area contributed by atoms with Crippen LogP contribution in [0.1, 0.15) is 36.2 Å². The van der Waals surface area contributed by atoms with Crippen LogP contribution in [0.4, 0.5) is 6.01 Å². The first-order valence-electron chi connectivity index (χ1n) is 5.06. The van der Waals surface area contributed by atoms with E-state index in [1.807, 2.05) is 0 Å². The summed E-state index contributed by atoms with van der Waals surface area (Å²) in [6, 6.07) is 0.229. The molecule has 0 radical (unpaired) electrons. The molecule has 2 N–H and O–H groups in total. The largest absolute Gasteiger partial charge is 0.476 e. The number of nitrogens with zero attached hydrogens (tertiary/aromatic N) is 1. The lowest BCUT2D eigenvalue weighted by atomic mass is 9.75. The molecule has 1 aliphatic rings. The first-order valence-corrected chi connectivity index (χ1v) is 5.06. The van der Waals surface area contributed by atoms with Crippen LogP contribution in [0, 0.1) is 12.3 Å². The summed E-state index contributed by atoms with van der Waals surface area (Å²) in [6.45, 7) is 0. The monoisotopic (exact) mass is 220 g/mol. The van der Waals surface area contributed by atoms with Crippen molar-refractivity contribution in [2.75, 3.05) is 5.32 Å². The van der Waals surface area contributed by atoms with Gasteiger partial charge in [-0.25, -0.2) is 4.79 Å². The van der Waals surface area contributed by atoms with E-state index in [1.165, 1.54) is 0 Å². The quantitative estimate of drug-likeness (QED) is 0.756. The second-order valence-electron chi connectivity index (χ2n) is 3.98. The van der Waals surface area contributed by atoms with Crippen LogP contribution in [0.2, 0.25) is 0 Å². The Morgan fingerprint density at radius 3 is 2.94 bits per heavy atom. The molecule has 84 valence electrons. The number of carboxylic acid groups (broad SMARTS) is 1. The molecule has 0 bridgehead atoms. The van der Waals surface area contributed by atoms with Crippen molar-refractivity contribution >= 4 is 12.0 Å². The Morgan fingerprint density at radius 1 is 1.75 bits per heavy atom. The summed E-state index contributed by atoms with van der Waals surface area (Å²) in [7, 11) is 0. The Kier molecular flexibility index (Phi) is 2.57. The third kappa shape index (κ3) is 1.87. The molecule has 16 heavy (non-hydrogen) atoms. The van der Waals surface area contributed by atoms with Crippen LogP contribution in [0.3, 0.4) is 0 Å². The molecule has 0 spiro atoms. The zero-order valence-electron chi connectivity index (χ0n) is 8.69. The van der Waals surface area contributed by atoms with Gasteiger partial charge in [-0.05, 0) is 19.3 Å². The molecule has 0 aliphatic heterocycles. The fourth-order valence-corrected chi connectivity index (χ4v) is 1.80. The zero-order valence-corrected chi connectivity index (χ0v) is 8.69. The molecule has 2 rings (SSSR count). The van der Waals surface area contributed by atoms with Crippen LogP contribution in [0.5, 0.6) is 0 Å². The molecule has 1 aliphatic carbocycles. The number of terminal acetylenes is 1. The maximum atomic E-state index is 10.6. The fourth-order valence-electron chi connectivity index (χ4n) is 1.80. The number of carbonyl (C=O) groups is 1. The van der Waals surface area contributed by atoms with Crippen molar-refractivity contribution in [3.63, 3.8) is 0 Å². The first kappa shape index (κ1) is 10.6. The average molecular weight is 220 g/mol. The Labute approximate surface area is 92.9 Å². The van der Waals surface area contributed by atoms with E-state index in [4.69, 9.17) is 15.9 Å². The Hall–Kier alpha value is -1.96. The van der Waals surface area contributed by atoms with E-state index < -0.39 is 5.97 Å². The van der Waals surface area contributed by atoms with Crippen molar-refractivity contribution in [3.05, 3.63) is 12.0 Å². The van der Waals surface area contributed by atoms with Crippen molar-refractivity contribution in [2.45, 2.75) is 31.2 Å². The van der Waals surface area contributed by atoms with Crippen molar-refractivity contribution in [1.82, 2.24) is 4.98 Å². The maximum absolute atomic E-state index is 10.6. The first-order chi connectivity index (χ1) is 7.65. The van der Waals surface area contributed by atoms with Gasteiger partial charge >= 0.3 is 5.97 Å². The molecular weight excluding hydrogens is 208 g/mol. The minimum absolute atomic E-state index is 0.0994. The summed E-state index contributed by atoms with van der Waals surface area (Å²) < 4.78 is 5.03. The Morgan fingerprint density at radius 2 is 2.50 bits per heavy atom. The predicted molar refractivity (Wildman–Crippen MR) is 57.1 cm³/mol. The highest BCUT2D eigenvalue weighted by Crippen LogP contribution is 2.37. The van der Waals surface area contributed by atoms with Gasteiger partial charge in [-0.2, -0.15) is 4.98 Å². The number of nitrogens with one attached hydrogen (secondary N) is 1. The van der Waals surface area contributed by atoms with E-state index in [-0.39, 0.29) is 17.2 Å². The predicted octanol–water partition coefficient (Wildman–Crippen LogP) is 1.73. The number of hydrogen-bond donors (Lipinski definition) is 2. The molecule has 1 fully saturated rings. The number of hydrogen-bond acceptors (Lipinski definition) is 4. The lowest BCUT2D eigenvalue weighted by molar-refractivity contribution is 0.0690. The van der Waals surface area contributed by atoms with Crippen molar-refractivity contribution in [3.8, 4) is 12.3 Å². The smallest absolute Gasteiger partial charge is 0.357 e. The van der Waals surface area contributed by atoms with Crippen LogP contribution in [-0.2, 0) is 0 Å². The molecule has 0 atom stereocenters. The number of oxazole rings is 1. The number of anilines is 1. The molecule has 0 aromatic carbocycles. The SMILES string of the molecule is C#CCC1(Nc2nc(C(=O)O)co2)CCC1. The van der Waals surface area contributed by atoms with E-state index in [0.717, 1.165) is 25.5 Å².